The summed E-state index contributed by atoms with van der Waals surface area (Å²) in [6, 6.07) is 14.9. The second-order valence-corrected chi connectivity index (χ2v) is 6.49. The minimum atomic E-state index is -0.251. The lowest BCUT2D eigenvalue weighted by atomic mass is 10.1. The third-order valence-corrected chi connectivity index (χ3v) is 4.35. The monoisotopic (exact) mass is 369 g/mol. The number of amides is 1. The first kappa shape index (κ1) is 16.6. The molecule has 2 aromatic carbocycles. The van der Waals surface area contributed by atoms with E-state index in [1.54, 1.807) is 12.1 Å². The highest BCUT2D eigenvalue weighted by molar-refractivity contribution is 6.39. The first-order valence-electron chi connectivity index (χ1n) is 8.27. The lowest BCUT2D eigenvalue weighted by Crippen LogP contribution is -2.30. The minimum absolute atomic E-state index is 0.236. The molecular weight excluding hydrogens is 354 g/mol. The Labute approximate surface area is 154 Å². The molecule has 0 saturated heterocycles. The molecule has 26 heavy (non-hydrogen) atoms. The fourth-order valence-corrected chi connectivity index (χ4v) is 2.89. The third kappa shape index (κ3) is 3.70. The molecule has 0 aliphatic carbocycles. The Morgan fingerprint density at radius 1 is 1.19 bits per heavy atom. The van der Waals surface area contributed by atoms with Crippen molar-refractivity contribution in [2.24, 2.45) is 5.16 Å². The number of rotatable bonds is 5. The summed E-state index contributed by atoms with van der Waals surface area (Å²) in [6.07, 6.45) is 0.636. The van der Waals surface area contributed by atoms with E-state index in [0.29, 0.717) is 36.0 Å². The summed E-state index contributed by atoms with van der Waals surface area (Å²) in [5.41, 5.74) is 2.88. The summed E-state index contributed by atoms with van der Waals surface area (Å²) in [5.74, 6) is 0.342. The summed E-state index contributed by atoms with van der Waals surface area (Å²) in [4.78, 5) is 22.0. The largest absolute Gasteiger partial charge is 0.441 e. The van der Waals surface area contributed by atoms with Crippen LogP contribution in [0.4, 0.5) is 0 Å². The predicted octanol–water partition coefficient (Wildman–Crippen LogP) is 3.49. The van der Waals surface area contributed by atoms with Gasteiger partial charge in [0.1, 0.15) is 17.3 Å². The van der Waals surface area contributed by atoms with Crippen molar-refractivity contribution in [2.75, 3.05) is 0 Å². The van der Waals surface area contributed by atoms with Crippen molar-refractivity contribution < 1.29 is 14.0 Å². The van der Waals surface area contributed by atoms with Crippen molar-refractivity contribution in [1.82, 2.24) is 10.3 Å². The molecule has 1 N–H and O–H groups in total. The summed E-state index contributed by atoms with van der Waals surface area (Å²) < 4.78 is 5.69. The molecule has 0 fully saturated rings. The maximum absolute atomic E-state index is 12.2. The average molecular weight is 370 g/mol. The van der Waals surface area contributed by atoms with E-state index < -0.39 is 0 Å². The lowest BCUT2D eigenvalue weighted by molar-refractivity contribution is -0.115. The van der Waals surface area contributed by atoms with Crippen LogP contribution in [-0.2, 0) is 22.6 Å². The highest BCUT2D eigenvalue weighted by Crippen LogP contribution is 2.20. The van der Waals surface area contributed by atoms with Crippen LogP contribution in [0.2, 0.25) is 5.02 Å². The number of benzene rings is 2. The number of halogens is 1. The molecule has 7 heteroatoms. The standard InChI is InChI=1S/C19H16ClN3O3/c20-13-7-5-12(6-8-13)11-21-19(24)16-9-14(26-23-16)10-18-22-15-3-1-2-4-17(15)25-18/h1-8,14H,9-11H2,(H,21,24)/t14-/m0/s1. The van der Waals surface area contributed by atoms with Crippen LogP contribution < -0.4 is 5.32 Å². The molecule has 0 bridgehead atoms. The summed E-state index contributed by atoms with van der Waals surface area (Å²) in [5, 5.41) is 7.40. The molecular formula is C19H16ClN3O3. The van der Waals surface area contributed by atoms with Crippen LogP contribution in [-0.4, -0.2) is 22.7 Å². The van der Waals surface area contributed by atoms with Crippen LogP contribution in [0.5, 0.6) is 0 Å². The second kappa shape index (κ2) is 7.17. The molecule has 132 valence electrons. The van der Waals surface area contributed by atoms with Gasteiger partial charge in [-0.3, -0.25) is 4.79 Å². The predicted molar refractivity (Wildman–Crippen MR) is 97.9 cm³/mol. The highest BCUT2D eigenvalue weighted by atomic mass is 35.5. The zero-order chi connectivity index (χ0) is 17.9. The van der Waals surface area contributed by atoms with E-state index in [1.165, 1.54) is 0 Å². The zero-order valence-electron chi connectivity index (χ0n) is 13.8. The number of hydrogen-bond donors (Lipinski definition) is 1. The maximum Gasteiger partial charge on any atom is 0.269 e. The Bertz CT molecular complexity index is 933. The first-order valence-corrected chi connectivity index (χ1v) is 8.65. The molecule has 6 nitrogen and oxygen atoms in total. The summed E-state index contributed by atoms with van der Waals surface area (Å²) in [6.45, 7) is 0.408. The van der Waals surface area contributed by atoms with Gasteiger partial charge in [0.2, 0.25) is 0 Å². The molecule has 0 saturated carbocycles. The van der Waals surface area contributed by atoms with Gasteiger partial charge in [0.15, 0.2) is 11.5 Å². The molecule has 1 aliphatic heterocycles. The van der Waals surface area contributed by atoms with Crippen LogP contribution >= 0.6 is 11.6 Å². The Morgan fingerprint density at radius 3 is 2.81 bits per heavy atom. The molecule has 0 spiro atoms. The number of nitrogens with zero attached hydrogens (tertiary/aromatic N) is 2. The van der Waals surface area contributed by atoms with Crippen molar-refractivity contribution in [3.63, 3.8) is 0 Å². The van der Waals surface area contributed by atoms with Gasteiger partial charge in [-0.25, -0.2) is 4.98 Å². The van der Waals surface area contributed by atoms with Gasteiger partial charge in [-0.05, 0) is 29.8 Å². The SMILES string of the molecule is O=C(NCc1ccc(Cl)cc1)C1=NO[C@H](Cc2nc3ccccc3o2)C1. The summed E-state index contributed by atoms with van der Waals surface area (Å²) in [7, 11) is 0. The molecule has 1 aromatic heterocycles. The summed E-state index contributed by atoms with van der Waals surface area (Å²) >= 11 is 5.85. The van der Waals surface area contributed by atoms with Crippen LogP contribution in [0.3, 0.4) is 0 Å². The van der Waals surface area contributed by atoms with Gasteiger partial charge in [0, 0.05) is 18.0 Å². The Hall–Kier alpha value is -2.86. The number of carbonyl (C=O) groups is 1. The molecule has 1 atom stereocenters. The van der Waals surface area contributed by atoms with Gasteiger partial charge in [-0.2, -0.15) is 0 Å². The van der Waals surface area contributed by atoms with Crippen LogP contribution in [0.15, 0.2) is 58.1 Å². The minimum Gasteiger partial charge on any atom is -0.441 e. The molecule has 1 amide bonds. The van der Waals surface area contributed by atoms with E-state index in [1.807, 2.05) is 36.4 Å². The number of oxazole rings is 1. The zero-order valence-corrected chi connectivity index (χ0v) is 14.6. The van der Waals surface area contributed by atoms with E-state index in [2.05, 4.69) is 15.5 Å². The first-order chi connectivity index (χ1) is 12.7. The third-order valence-electron chi connectivity index (χ3n) is 4.10. The van der Waals surface area contributed by atoms with Crippen LogP contribution in [0.25, 0.3) is 11.1 Å². The quantitative estimate of drug-likeness (QED) is 0.746. The Morgan fingerprint density at radius 2 is 2.00 bits per heavy atom. The van der Waals surface area contributed by atoms with Gasteiger partial charge >= 0.3 is 0 Å². The van der Waals surface area contributed by atoms with E-state index in [9.17, 15) is 4.79 Å². The fourth-order valence-electron chi connectivity index (χ4n) is 2.76. The van der Waals surface area contributed by atoms with Crippen molar-refractivity contribution in [1.29, 1.82) is 0 Å². The fraction of sp³-hybridized carbons (Fsp3) is 0.211. The topological polar surface area (TPSA) is 76.7 Å². The van der Waals surface area contributed by atoms with Crippen molar-refractivity contribution in [2.45, 2.75) is 25.5 Å². The number of nitrogens with one attached hydrogen (secondary N) is 1. The second-order valence-electron chi connectivity index (χ2n) is 6.06. The highest BCUT2D eigenvalue weighted by Gasteiger charge is 2.27. The van der Waals surface area contributed by atoms with Gasteiger partial charge in [0.25, 0.3) is 5.91 Å². The number of carbonyl (C=O) groups excluding carboxylic acids is 1. The Balaban J connectivity index is 1.31. The lowest BCUT2D eigenvalue weighted by Gasteiger charge is -2.05. The van der Waals surface area contributed by atoms with Crippen molar-refractivity contribution in [3.05, 3.63) is 65.0 Å². The number of hydrogen-bond acceptors (Lipinski definition) is 5. The maximum atomic E-state index is 12.2. The van der Waals surface area contributed by atoms with Gasteiger partial charge in [-0.1, -0.05) is 41.0 Å². The smallest absolute Gasteiger partial charge is 0.269 e. The van der Waals surface area contributed by atoms with Crippen molar-refractivity contribution in [3.8, 4) is 0 Å². The van der Waals surface area contributed by atoms with E-state index in [-0.39, 0.29) is 12.0 Å². The molecule has 1 aliphatic rings. The molecule has 2 heterocycles. The van der Waals surface area contributed by atoms with E-state index in [0.717, 1.165) is 16.7 Å². The van der Waals surface area contributed by atoms with Crippen LogP contribution in [0.1, 0.15) is 17.9 Å². The number of para-hydroxylation sites is 2. The molecule has 4 rings (SSSR count). The average Bonchev–Trinajstić information content (AvgIpc) is 3.27. The Kier molecular flexibility index (Phi) is 4.58. The van der Waals surface area contributed by atoms with Gasteiger partial charge < -0.3 is 14.6 Å². The molecule has 3 aromatic rings. The van der Waals surface area contributed by atoms with E-state index >= 15 is 0 Å². The van der Waals surface area contributed by atoms with E-state index in [4.69, 9.17) is 20.9 Å². The normalized spacial score (nSPS) is 16.3. The van der Waals surface area contributed by atoms with Crippen molar-refractivity contribution >= 4 is 34.3 Å². The number of aromatic nitrogens is 1. The molecule has 0 unspecified atom stereocenters. The van der Waals surface area contributed by atoms with Gasteiger partial charge in [0.05, 0.1) is 6.42 Å². The van der Waals surface area contributed by atoms with Gasteiger partial charge in [-0.15, -0.1) is 0 Å². The molecule has 0 radical (unpaired) electrons. The number of oxime groups is 1. The van der Waals surface area contributed by atoms with Crippen LogP contribution in [0, 0.1) is 0 Å². The number of fused-ring (bicyclic) bond motifs is 1.